The lowest BCUT2D eigenvalue weighted by Crippen LogP contribution is -2.41. The van der Waals surface area contributed by atoms with Crippen molar-refractivity contribution in [2.24, 2.45) is 0 Å². The molecule has 2 aromatic rings. The van der Waals surface area contributed by atoms with E-state index in [1.165, 1.54) is 18.6 Å². The van der Waals surface area contributed by atoms with Crippen molar-refractivity contribution in [1.29, 1.82) is 0 Å². The number of halogens is 1. The van der Waals surface area contributed by atoms with E-state index in [0.29, 0.717) is 4.67 Å². The summed E-state index contributed by atoms with van der Waals surface area (Å²) in [5, 5.41) is 2.86. The third-order valence-corrected chi connectivity index (χ3v) is 3.95. The quantitative estimate of drug-likeness (QED) is 0.727. The third-order valence-electron chi connectivity index (χ3n) is 3.52. The molecule has 0 spiro atoms. The van der Waals surface area contributed by atoms with Crippen LogP contribution >= 0.6 is 15.9 Å². The largest absolute Gasteiger partial charge is 0.447 e. The predicted molar refractivity (Wildman–Crippen MR) is 93.7 cm³/mol. The molecule has 0 bridgehead atoms. The number of carbonyl (C=O) groups is 2. The summed E-state index contributed by atoms with van der Waals surface area (Å²) in [6.07, 6.45) is 0.791. The lowest BCUT2D eigenvalue weighted by Gasteiger charge is -2.17. The molecule has 2 atom stereocenters. The highest BCUT2D eigenvalue weighted by atomic mass is 79.9. The molecule has 0 radical (unpaired) electrons. The van der Waals surface area contributed by atoms with Crippen molar-refractivity contribution in [2.75, 3.05) is 0 Å². The van der Waals surface area contributed by atoms with Gasteiger partial charge in [-0.15, -0.1) is 0 Å². The molecule has 24 heavy (non-hydrogen) atoms. The molecule has 2 rings (SSSR count). The van der Waals surface area contributed by atoms with Crippen LogP contribution in [-0.4, -0.2) is 24.0 Å². The zero-order valence-electron chi connectivity index (χ0n) is 13.6. The molecule has 1 aromatic carbocycles. The zero-order valence-corrected chi connectivity index (χ0v) is 15.2. The molecule has 0 aliphatic carbocycles. The van der Waals surface area contributed by atoms with Crippen molar-refractivity contribution in [3.8, 4) is 0 Å². The van der Waals surface area contributed by atoms with Gasteiger partial charge in [0, 0.05) is 6.04 Å². The van der Waals surface area contributed by atoms with Crippen molar-refractivity contribution in [2.45, 2.75) is 38.8 Å². The Labute approximate surface area is 149 Å². The van der Waals surface area contributed by atoms with E-state index < -0.39 is 12.1 Å². The minimum absolute atomic E-state index is 0.0170. The first kappa shape index (κ1) is 18.3. The Bertz CT molecular complexity index is 683. The summed E-state index contributed by atoms with van der Waals surface area (Å²) in [6, 6.07) is 13.1. The van der Waals surface area contributed by atoms with E-state index in [0.717, 1.165) is 12.8 Å². The molecular weight excluding hydrogens is 374 g/mol. The Morgan fingerprint density at radius 3 is 2.50 bits per heavy atom. The summed E-state index contributed by atoms with van der Waals surface area (Å²) in [4.78, 5) is 24.0. The van der Waals surface area contributed by atoms with Gasteiger partial charge in [0.2, 0.25) is 5.76 Å². The molecule has 128 valence electrons. The summed E-state index contributed by atoms with van der Waals surface area (Å²) in [5.74, 6) is -0.937. The van der Waals surface area contributed by atoms with Gasteiger partial charge < -0.3 is 14.5 Å². The van der Waals surface area contributed by atoms with Gasteiger partial charge in [-0.05, 0) is 60.3 Å². The van der Waals surface area contributed by atoms with Crippen LogP contribution < -0.4 is 5.32 Å². The van der Waals surface area contributed by atoms with Gasteiger partial charge in [-0.1, -0.05) is 30.3 Å². The van der Waals surface area contributed by atoms with Crippen molar-refractivity contribution < 1.29 is 18.7 Å². The Morgan fingerprint density at radius 2 is 1.88 bits per heavy atom. The van der Waals surface area contributed by atoms with Gasteiger partial charge in [0.05, 0.1) is 0 Å². The number of amides is 1. The van der Waals surface area contributed by atoms with Crippen LogP contribution in [0.1, 0.15) is 36.4 Å². The second kappa shape index (κ2) is 8.68. The van der Waals surface area contributed by atoms with E-state index in [2.05, 4.69) is 33.4 Å². The molecule has 0 saturated carbocycles. The second-order valence-corrected chi connectivity index (χ2v) is 6.37. The van der Waals surface area contributed by atoms with Crippen LogP contribution in [0.2, 0.25) is 0 Å². The maximum absolute atomic E-state index is 12.1. The highest BCUT2D eigenvalue weighted by Gasteiger charge is 2.22. The van der Waals surface area contributed by atoms with Crippen LogP contribution in [0.3, 0.4) is 0 Å². The van der Waals surface area contributed by atoms with E-state index >= 15 is 0 Å². The number of rotatable bonds is 7. The fourth-order valence-corrected chi connectivity index (χ4v) is 2.46. The first-order chi connectivity index (χ1) is 11.5. The van der Waals surface area contributed by atoms with Gasteiger partial charge in [0.15, 0.2) is 10.8 Å². The van der Waals surface area contributed by atoms with Gasteiger partial charge in [-0.3, -0.25) is 4.79 Å². The Balaban J connectivity index is 1.77. The molecule has 0 saturated heterocycles. The van der Waals surface area contributed by atoms with Crippen LogP contribution in [0, 0.1) is 0 Å². The topological polar surface area (TPSA) is 68.5 Å². The molecule has 0 aliphatic rings. The van der Waals surface area contributed by atoms with Crippen molar-refractivity contribution >= 4 is 27.8 Å². The van der Waals surface area contributed by atoms with Crippen LogP contribution in [-0.2, 0) is 16.0 Å². The molecule has 0 aliphatic heterocycles. The van der Waals surface area contributed by atoms with Crippen LogP contribution in [0.5, 0.6) is 0 Å². The second-order valence-electron chi connectivity index (χ2n) is 5.59. The number of hydrogen-bond donors (Lipinski definition) is 1. The average molecular weight is 394 g/mol. The minimum Gasteiger partial charge on any atom is -0.447 e. The van der Waals surface area contributed by atoms with Crippen molar-refractivity contribution in [1.82, 2.24) is 5.32 Å². The lowest BCUT2D eigenvalue weighted by molar-refractivity contribution is -0.129. The first-order valence-corrected chi connectivity index (χ1v) is 8.55. The average Bonchev–Trinajstić information content (AvgIpc) is 3.00. The Morgan fingerprint density at radius 1 is 1.17 bits per heavy atom. The van der Waals surface area contributed by atoms with E-state index in [9.17, 15) is 9.59 Å². The molecule has 1 heterocycles. The number of esters is 1. The van der Waals surface area contributed by atoms with Crippen molar-refractivity contribution in [3.05, 3.63) is 58.5 Å². The molecule has 0 unspecified atom stereocenters. The minimum atomic E-state index is -0.888. The van der Waals surface area contributed by atoms with Gasteiger partial charge in [0.25, 0.3) is 5.91 Å². The number of carbonyl (C=O) groups excluding carboxylic acids is 2. The van der Waals surface area contributed by atoms with Crippen LogP contribution in [0.15, 0.2) is 51.6 Å². The summed E-state index contributed by atoms with van der Waals surface area (Å²) in [5.41, 5.74) is 1.22. The fraction of sp³-hybridized carbons (Fsp3) is 0.333. The maximum atomic E-state index is 12.1. The number of ether oxygens (including phenoxy) is 1. The van der Waals surface area contributed by atoms with Crippen LogP contribution in [0.25, 0.3) is 0 Å². The smallest absolute Gasteiger partial charge is 0.375 e. The van der Waals surface area contributed by atoms with Gasteiger partial charge in [0.1, 0.15) is 0 Å². The summed E-state index contributed by atoms with van der Waals surface area (Å²) in [6.45, 7) is 3.47. The van der Waals surface area contributed by atoms with E-state index in [1.54, 1.807) is 6.07 Å². The molecular formula is C18H20BrNO4. The molecule has 0 fully saturated rings. The van der Waals surface area contributed by atoms with Gasteiger partial charge >= 0.3 is 5.97 Å². The van der Waals surface area contributed by atoms with E-state index in [1.807, 2.05) is 25.1 Å². The fourth-order valence-electron chi connectivity index (χ4n) is 2.16. The monoisotopic (exact) mass is 393 g/mol. The third kappa shape index (κ3) is 5.53. The number of benzene rings is 1. The summed E-state index contributed by atoms with van der Waals surface area (Å²) < 4.78 is 10.6. The van der Waals surface area contributed by atoms with E-state index in [4.69, 9.17) is 9.15 Å². The predicted octanol–water partition coefficient (Wildman–Crippen LogP) is 3.72. The maximum Gasteiger partial charge on any atom is 0.375 e. The number of nitrogens with one attached hydrogen (secondary N) is 1. The van der Waals surface area contributed by atoms with Gasteiger partial charge in [-0.25, -0.2) is 4.79 Å². The Hall–Kier alpha value is -2.08. The first-order valence-electron chi connectivity index (χ1n) is 7.76. The molecule has 1 N–H and O–H groups in total. The lowest BCUT2D eigenvalue weighted by atomic mass is 10.1. The van der Waals surface area contributed by atoms with E-state index in [-0.39, 0.29) is 17.7 Å². The molecule has 6 heteroatoms. The Kier molecular flexibility index (Phi) is 6.61. The summed E-state index contributed by atoms with van der Waals surface area (Å²) in [7, 11) is 0. The number of aryl methyl sites for hydroxylation is 1. The van der Waals surface area contributed by atoms with Gasteiger partial charge in [-0.2, -0.15) is 0 Å². The molecule has 5 nitrogen and oxygen atoms in total. The highest BCUT2D eigenvalue weighted by Crippen LogP contribution is 2.15. The normalized spacial score (nSPS) is 13.1. The molecule has 1 amide bonds. The standard InChI is InChI=1S/C18H20BrNO4/c1-12(8-9-14-6-4-3-5-7-14)20-17(21)13(2)23-18(22)15-10-11-16(19)24-15/h3-7,10-13H,8-9H2,1-2H3,(H,20,21)/t12-,13+/m1/s1. The highest BCUT2D eigenvalue weighted by molar-refractivity contribution is 9.10. The SMILES string of the molecule is C[C@H](CCc1ccccc1)NC(=O)[C@H](C)OC(=O)c1ccc(Br)o1. The number of furan rings is 1. The summed E-state index contributed by atoms with van der Waals surface area (Å²) >= 11 is 3.11. The zero-order chi connectivity index (χ0) is 17.5. The molecule has 1 aromatic heterocycles. The van der Waals surface area contributed by atoms with Crippen LogP contribution in [0.4, 0.5) is 0 Å². The number of hydrogen-bond acceptors (Lipinski definition) is 4. The van der Waals surface area contributed by atoms with Crippen molar-refractivity contribution in [3.63, 3.8) is 0 Å².